The van der Waals surface area contributed by atoms with Gasteiger partial charge in [-0.25, -0.2) is 0 Å². The molecule has 0 saturated heterocycles. The first-order valence-electron chi connectivity index (χ1n) is 6.14. The maximum atomic E-state index is 11.9. The predicted octanol–water partition coefficient (Wildman–Crippen LogP) is 0.109. The first-order chi connectivity index (χ1) is 8.49. The van der Waals surface area contributed by atoms with Crippen molar-refractivity contribution >= 4 is 5.91 Å². The summed E-state index contributed by atoms with van der Waals surface area (Å²) < 4.78 is 1.63. The maximum Gasteiger partial charge on any atom is 0.269 e. The summed E-state index contributed by atoms with van der Waals surface area (Å²) in [5, 5.41) is 24.8. The monoisotopic (exact) mass is 255 g/mol. The Bertz CT molecular complexity index is 401. The molecule has 0 radical (unpaired) electrons. The van der Waals surface area contributed by atoms with Crippen LogP contribution in [-0.2, 0) is 6.54 Å². The van der Waals surface area contributed by atoms with Gasteiger partial charge in [0.1, 0.15) is 5.69 Å². The van der Waals surface area contributed by atoms with Gasteiger partial charge in [0.25, 0.3) is 5.91 Å². The van der Waals surface area contributed by atoms with E-state index < -0.39 is 6.10 Å². The van der Waals surface area contributed by atoms with Crippen molar-refractivity contribution in [1.82, 2.24) is 15.1 Å². The molecule has 1 unspecified atom stereocenters. The fraction of sp³-hybridized carbons (Fsp3) is 0.667. The molecule has 0 fully saturated rings. The summed E-state index contributed by atoms with van der Waals surface area (Å²) in [7, 11) is 0. The third-order valence-electron chi connectivity index (χ3n) is 2.63. The van der Waals surface area contributed by atoms with E-state index in [1.54, 1.807) is 10.7 Å². The van der Waals surface area contributed by atoms with Crippen LogP contribution in [0.15, 0.2) is 6.07 Å². The van der Waals surface area contributed by atoms with Gasteiger partial charge in [0, 0.05) is 13.1 Å². The number of aliphatic hydroxyl groups is 2. The van der Waals surface area contributed by atoms with Crippen molar-refractivity contribution in [3.8, 4) is 0 Å². The zero-order valence-corrected chi connectivity index (χ0v) is 11.1. The van der Waals surface area contributed by atoms with Gasteiger partial charge in [-0.3, -0.25) is 9.48 Å². The SMILES string of the molecule is CCn1nc(C(C)C)cc1C(=O)NCC(O)CO. The summed E-state index contributed by atoms with van der Waals surface area (Å²) in [5.41, 5.74) is 1.34. The smallest absolute Gasteiger partial charge is 0.269 e. The highest BCUT2D eigenvalue weighted by Crippen LogP contribution is 2.14. The van der Waals surface area contributed by atoms with Gasteiger partial charge < -0.3 is 15.5 Å². The molecular formula is C12H21N3O3. The molecule has 0 spiro atoms. The van der Waals surface area contributed by atoms with E-state index in [1.807, 2.05) is 20.8 Å². The van der Waals surface area contributed by atoms with E-state index in [0.717, 1.165) is 5.69 Å². The molecule has 6 heteroatoms. The fourth-order valence-electron chi connectivity index (χ4n) is 1.51. The van der Waals surface area contributed by atoms with E-state index in [0.29, 0.717) is 12.2 Å². The second kappa shape index (κ2) is 6.51. The van der Waals surface area contributed by atoms with Crippen molar-refractivity contribution in [2.24, 2.45) is 0 Å². The molecule has 0 aliphatic carbocycles. The molecule has 0 aliphatic rings. The van der Waals surface area contributed by atoms with Crippen LogP contribution < -0.4 is 5.32 Å². The maximum absolute atomic E-state index is 11.9. The van der Waals surface area contributed by atoms with Crippen LogP contribution in [0.4, 0.5) is 0 Å². The molecule has 6 nitrogen and oxygen atoms in total. The Hall–Kier alpha value is -1.40. The summed E-state index contributed by atoms with van der Waals surface area (Å²) in [6, 6.07) is 1.76. The zero-order valence-electron chi connectivity index (χ0n) is 11.1. The van der Waals surface area contributed by atoms with Gasteiger partial charge in [-0.05, 0) is 18.9 Å². The number of aryl methyl sites for hydroxylation is 1. The van der Waals surface area contributed by atoms with E-state index in [4.69, 9.17) is 5.11 Å². The highest BCUT2D eigenvalue weighted by atomic mass is 16.3. The normalized spacial score (nSPS) is 12.8. The van der Waals surface area contributed by atoms with Crippen molar-refractivity contribution < 1.29 is 15.0 Å². The molecule has 1 amide bonds. The Kier molecular flexibility index (Phi) is 5.30. The van der Waals surface area contributed by atoms with Crippen LogP contribution in [0.1, 0.15) is 42.9 Å². The van der Waals surface area contributed by atoms with Crippen molar-refractivity contribution in [3.05, 3.63) is 17.5 Å². The number of rotatable bonds is 6. The van der Waals surface area contributed by atoms with Crippen molar-refractivity contribution in [2.75, 3.05) is 13.2 Å². The molecular weight excluding hydrogens is 234 g/mol. The molecule has 1 heterocycles. The van der Waals surface area contributed by atoms with Crippen LogP contribution in [0.5, 0.6) is 0 Å². The van der Waals surface area contributed by atoms with Crippen molar-refractivity contribution in [1.29, 1.82) is 0 Å². The molecule has 1 atom stereocenters. The number of amides is 1. The van der Waals surface area contributed by atoms with Crippen molar-refractivity contribution in [2.45, 2.75) is 39.3 Å². The number of hydrogen-bond acceptors (Lipinski definition) is 4. The molecule has 0 saturated carbocycles. The Morgan fingerprint density at radius 1 is 1.56 bits per heavy atom. The number of aliphatic hydroxyl groups excluding tert-OH is 2. The highest BCUT2D eigenvalue weighted by Gasteiger charge is 2.16. The fourth-order valence-corrected chi connectivity index (χ4v) is 1.51. The number of carbonyl (C=O) groups excluding carboxylic acids is 1. The molecule has 0 bridgehead atoms. The Morgan fingerprint density at radius 2 is 2.22 bits per heavy atom. The molecule has 3 N–H and O–H groups in total. The van der Waals surface area contributed by atoms with Gasteiger partial charge in [0.15, 0.2) is 0 Å². The first-order valence-corrected chi connectivity index (χ1v) is 6.14. The highest BCUT2D eigenvalue weighted by molar-refractivity contribution is 5.92. The minimum Gasteiger partial charge on any atom is -0.394 e. The summed E-state index contributed by atoms with van der Waals surface area (Å²) in [6.07, 6.45) is -0.934. The summed E-state index contributed by atoms with van der Waals surface area (Å²) in [4.78, 5) is 11.9. The van der Waals surface area contributed by atoms with Crippen LogP contribution in [-0.4, -0.2) is 45.2 Å². The average molecular weight is 255 g/mol. The lowest BCUT2D eigenvalue weighted by molar-refractivity contribution is 0.0795. The zero-order chi connectivity index (χ0) is 13.7. The Balaban J connectivity index is 2.78. The molecule has 0 aromatic carbocycles. The van der Waals surface area contributed by atoms with Gasteiger partial charge in [-0.15, -0.1) is 0 Å². The number of carbonyl (C=O) groups is 1. The number of nitrogens with one attached hydrogen (secondary N) is 1. The molecule has 1 rings (SSSR count). The van der Waals surface area contributed by atoms with Gasteiger partial charge in [-0.1, -0.05) is 13.8 Å². The van der Waals surface area contributed by atoms with Crippen LogP contribution in [0.3, 0.4) is 0 Å². The largest absolute Gasteiger partial charge is 0.394 e. The summed E-state index contributed by atoms with van der Waals surface area (Å²) in [6.45, 7) is 6.21. The third-order valence-corrected chi connectivity index (χ3v) is 2.63. The minimum atomic E-state index is -0.934. The Labute approximate surface area is 107 Å². The average Bonchev–Trinajstić information content (AvgIpc) is 2.79. The second-order valence-corrected chi connectivity index (χ2v) is 4.47. The molecule has 1 aromatic rings. The summed E-state index contributed by atoms with van der Waals surface area (Å²) in [5.74, 6) is -0.0314. The van der Waals surface area contributed by atoms with Crippen LogP contribution in [0, 0.1) is 0 Å². The number of nitrogens with zero attached hydrogens (tertiary/aromatic N) is 2. The van der Waals surface area contributed by atoms with E-state index in [1.165, 1.54) is 0 Å². The minimum absolute atomic E-state index is 0.0290. The lowest BCUT2D eigenvalue weighted by atomic mass is 10.1. The molecule has 1 aromatic heterocycles. The van der Waals surface area contributed by atoms with Crippen LogP contribution in [0.2, 0.25) is 0 Å². The lowest BCUT2D eigenvalue weighted by Crippen LogP contribution is -2.34. The van der Waals surface area contributed by atoms with Gasteiger partial charge in [-0.2, -0.15) is 5.10 Å². The third kappa shape index (κ3) is 3.54. The predicted molar refractivity (Wildman–Crippen MR) is 67.4 cm³/mol. The number of hydrogen-bond donors (Lipinski definition) is 3. The second-order valence-electron chi connectivity index (χ2n) is 4.47. The van der Waals surface area contributed by atoms with E-state index in [-0.39, 0.29) is 25.0 Å². The topological polar surface area (TPSA) is 87.4 Å². The van der Waals surface area contributed by atoms with Crippen LogP contribution in [0.25, 0.3) is 0 Å². The van der Waals surface area contributed by atoms with Gasteiger partial charge in [0.05, 0.1) is 18.4 Å². The molecule has 0 aliphatic heterocycles. The number of aromatic nitrogens is 2. The van der Waals surface area contributed by atoms with E-state index >= 15 is 0 Å². The van der Waals surface area contributed by atoms with Crippen LogP contribution >= 0.6 is 0 Å². The first kappa shape index (κ1) is 14.7. The van der Waals surface area contributed by atoms with Crippen molar-refractivity contribution in [3.63, 3.8) is 0 Å². The summed E-state index contributed by atoms with van der Waals surface area (Å²) >= 11 is 0. The standard InChI is InChI=1S/C12H21N3O3/c1-4-15-11(5-10(14-15)8(2)3)12(18)13-6-9(17)7-16/h5,8-9,16-17H,4,6-7H2,1-3H3,(H,13,18). The van der Waals surface area contributed by atoms with E-state index in [9.17, 15) is 9.90 Å². The lowest BCUT2D eigenvalue weighted by Gasteiger charge is -2.09. The molecule has 18 heavy (non-hydrogen) atoms. The van der Waals surface area contributed by atoms with Gasteiger partial charge in [0.2, 0.25) is 0 Å². The molecule has 102 valence electrons. The van der Waals surface area contributed by atoms with E-state index in [2.05, 4.69) is 10.4 Å². The quantitative estimate of drug-likeness (QED) is 0.673. The Morgan fingerprint density at radius 3 is 2.72 bits per heavy atom. The van der Waals surface area contributed by atoms with Gasteiger partial charge >= 0.3 is 0 Å².